The summed E-state index contributed by atoms with van der Waals surface area (Å²) in [6.07, 6.45) is 2.79. The van der Waals surface area contributed by atoms with Gasteiger partial charge in [-0.15, -0.1) is 0 Å². The molecule has 1 N–H and O–H groups in total. The van der Waals surface area contributed by atoms with E-state index >= 15 is 0 Å². The molecule has 0 aliphatic carbocycles. The number of ketones is 1. The smallest absolute Gasteiger partial charge is 0.227 e. The van der Waals surface area contributed by atoms with Crippen LogP contribution in [0, 0.1) is 11.3 Å². The third-order valence-corrected chi connectivity index (χ3v) is 1.82. The van der Waals surface area contributed by atoms with Crippen LogP contribution in [0.25, 0.3) is 0 Å². The van der Waals surface area contributed by atoms with Gasteiger partial charge in [-0.25, -0.2) is 0 Å². The van der Waals surface area contributed by atoms with Crippen LogP contribution in [0.1, 0.15) is 10.4 Å². The summed E-state index contributed by atoms with van der Waals surface area (Å²) in [4.78, 5) is 15.1. The van der Waals surface area contributed by atoms with Crippen LogP contribution in [0.4, 0.5) is 0 Å². The van der Waals surface area contributed by atoms with Gasteiger partial charge in [-0.05, 0) is 22.0 Å². The number of carbonyl (C=O) groups excluding carboxylic acids is 1. The van der Waals surface area contributed by atoms with E-state index in [-0.39, 0.29) is 5.56 Å². The highest BCUT2D eigenvalue weighted by Crippen LogP contribution is 2.10. The molecule has 1 aromatic heterocycles. The molecule has 0 bridgehead atoms. The maximum atomic E-state index is 11.4. The number of halogens is 1. The molecule has 1 heterocycles. The first-order valence-electron chi connectivity index (χ1n) is 3.46. The summed E-state index contributed by atoms with van der Waals surface area (Å²) in [5.41, 5.74) is -0.376. The molecular weight excluding hydrogens is 250 g/mol. The molecule has 0 aliphatic rings. The summed E-state index contributed by atoms with van der Waals surface area (Å²) in [5, 5.41) is 19.3. The molecule has 0 radical (unpaired) electrons. The van der Waals surface area contributed by atoms with E-state index in [0.717, 1.165) is 0 Å². The zero-order chi connectivity index (χ0) is 10.6. The molecule has 0 spiro atoms. The van der Waals surface area contributed by atoms with Crippen molar-refractivity contribution in [3.8, 4) is 6.07 Å². The number of hydrogen-bond donors (Lipinski definition) is 1. The highest BCUT2D eigenvalue weighted by Gasteiger charge is 2.14. The Kier molecular flexibility index (Phi) is 3.31. The second kappa shape index (κ2) is 4.48. The van der Waals surface area contributed by atoms with E-state index in [1.54, 1.807) is 0 Å². The van der Waals surface area contributed by atoms with Gasteiger partial charge in [0.25, 0.3) is 0 Å². The first kappa shape index (κ1) is 10.3. The van der Waals surface area contributed by atoms with Crippen LogP contribution in [-0.2, 0) is 0 Å². The third-order valence-electron chi connectivity index (χ3n) is 1.39. The Morgan fingerprint density at radius 2 is 2.36 bits per heavy atom. The average molecular weight is 254 g/mol. The molecule has 0 saturated carbocycles. The van der Waals surface area contributed by atoms with Gasteiger partial charge in [-0.1, -0.05) is 5.16 Å². The molecule has 70 valence electrons. The van der Waals surface area contributed by atoms with Crippen molar-refractivity contribution in [1.29, 1.82) is 5.26 Å². The molecule has 1 aromatic rings. The number of carbonyl (C=O) groups is 1. The number of oxime groups is 1. The van der Waals surface area contributed by atoms with E-state index in [4.69, 9.17) is 10.5 Å². The van der Waals surface area contributed by atoms with Crippen molar-refractivity contribution in [1.82, 2.24) is 4.98 Å². The monoisotopic (exact) mass is 253 g/mol. The molecule has 0 aromatic carbocycles. The largest absolute Gasteiger partial charge is 0.410 e. The molecular formula is C8H4BrN3O2. The number of rotatable bonds is 2. The van der Waals surface area contributed by atoms with Crippen LogP contribution in [0.2, 0.25) is 0 Å². The summed E-state index contributed by atoms with van der Waals surface area (Å²) >= 11 is 3.12. The van der Waals surface area contributed by atoms with Crippen LogP contribution >= 0.6 is 15.9 Å². The van der Waals surface area contributed by atoms with Crippen LogP contribution in [0.15, 0.2) is 28.1 Å². The number of Topliss-reactive ketones (excluding diaryl/α,β-unsaturated/α-hetero) is 1. The zero-order valence-electron chi connectivity index (χ0n) is 6.81. The topological polar surface area (TPSA) is 86.3 Å². The lowest BCUT2D eigenvalue weighted by atomic mass is 10.1. The number of nitrogens with zero attached hydrogens (tertiary/aromatic N) is 3. The maximum Gasteiger partial charge on any atom is 0.227 e. The van der Waals surface area contributed by atoms with Crippen molar-refractivity contribution in [3.63, 3.8) is 0 Å². The molecule has 1 rings (SSSR count). The van der Waals surface area contributed by atoms with Gasteiger partial charge in [0, 0.05) is 22.4 Å². The van der Waals surface area contributed by atoms with Crippen molar-refractivity contribution >= 4 is 27.4 Å². The summed E-state index contributed by atoms with van der Waals surface area (Å²) in [6.45, 7) is 0. The highest BCUT2D eigenvalue weighted by molar-refractivity contribution is 9.10. The van der Waals surface area contributed by atoms with Gasteiger partial charge < -0.3 is 5.21 Å². The average Bonchev–Trinajstić information content (AvgIpc) is 2.19. The van der Waals surface area contributed by atoms with Crippen molar-refractivity contribution in [3.05, 3.63) is 28.5 Å². The minimum Gasteiger partial charge on any atom is -0.410 e. The number of nitriles is 1. The fraction of sp³-hybridized carbons (Fsp3) is 0. The van der Waals surface area contributed by atoms with E-state index in [9.17, 15) is 4.79 Å². The Labute approximate surface area is 87.8 Å². The fourth-order valence-corrected chi connectivity index (χ4v) is 1.16. The molecule has 6 heteroatoms. The van der Waals surface area contributed by atoms with E-state index in [1.165, 1.54) is 24.5 Å². The second-order valence-corrected chi connectivity index (χ2v) is 3.20. The lowest BCUT2D eigenvalue weighted by Gasteiger charge is -1.96. The summed E-state index contributed by atoms with van der Waals surface area (Å²) in [7, 11) is 0. The summed E-state index contributed by atoms with van der Waals surface area (Å²) in [6, 6.07) is 2.96. The molecule has 0 saturated heterocycles. The van der Waals surface area contributed by atoms with Gasteiger partial charge in [-0.2, -0.15) is 5.26 Å². The second-order valence-electron chi connectivity index (χ2n) is 2.28. The first-order chi connectivity index (χ1) is 6.69. The molecule has 0 amide bonds. The lowest BCUT2D eigenvalue weighted by molar-refractivity contribution is 0.106. The molecule has 0 atom stereocenters. The predicted octanol–water partition coefficient (Wildman–Crippen LogP) is 1.38. The third kappa shape index (κ3) is 2.14. The summed E-state index contributed by atoms with van der Waals surface area (Å²) in [5.74, 6) is -0.663. The molecule has 5 nitrogen and oxygen atoms in total. The molecule has 0 fully saturated rings. The summed E-state index contributed by atoms with van der Waals surface area (Å²) < 4.78 is 0.610. The van der Waals surface area contributed by atoms with Gasteiger partial charge in [0.15, 0.2) is 0 Å². The maximum absolute atomic E-state index is 11.4. The number of pyridine rings is 1. The van der Waals surface area contributed by atoms with Crippen LogP contribution in [0.5, 0.6) is 0 Å². The van der Waals surface area contributed by atoms with Crippen molar-refractivity contribution in [2.75, 3.05) is 0 Å². The Morgan fingerprint density at radius 3 is 2.86 bits per heavy atom. The SMILES string of the molecule is N#C/C(=N\O)C(=O)c1cncc(Br)c1. The molecule has 0 unspecified atom stereocenters. The Balaban J connectivity index is 3.08. The Bertz CT molecular complexity index is 436. The lowest BCUT2D eigenvalue weighted by Crippen LogP contribution is -2.12. The van der Waals surface area contributed by atoms with E-state index in [1.807, 2.05) is 0 Å². The number of aromatic nitrogens is 1. The van der Waals surface area contributed by atoms with Gasteiger partial charge >= 0.3 is 0 Å². The van der Waals surface area contributed by atoms with E-state index in [0.29, 0.717) is 4.47 Å². The van der Waals surface area contributed by atoms with Gasteiger partial charge in [-0.3, -0.25) is 9.78 Å². The number of hydrogen-bond acceptors (Lipinski definition) is 5. The standard InChI is InChI=1S/C8H4BrN3O2/c9-6-1-5(3-11-4-6)8(13)7(2-10)12-14/h1,3-4,14H/b12-7+. The quantitative estimate of drug-likeness (QED) is 0.374. The van der Waals surface area contributed by atoms with Crippen LogP contribution < -0.4 is 0 Å². The van der Waals surface area contributed by atoms with Crippen LogP contribution in [-0.4, -0.2) is 21.7 Å². The van der Waals surface area contributed by atoms with E-state index in [2.05, 4.69) is 26.1 Å². The first-order valence-corrected chi connectivity index (χ1v) is 4.25. The zero-order valence-corrected chi connectivity index (χ0v) is 8.39. The van der Waals surface area contributed by atoms with Crippen LogP contribution in [0.3, 0.4) is 0 Å². The Morgan fingerprint density at radius 1 is 1.64 bits per heavy atom. The van der Waals surface area contributed by atoms with Gasteiger partial charge in [0.1, 0.15) is 6.07 Å². The van der Waals surface area contributed by atoms with Crippen molar-refractivity contribution in [2.24, 2.45) is 5.16 Å². The molecule has 0 aliphatic heterocycles. The Hall–Kier alpha value is -1.74. The molecule has 14 heavy (non-hydrogen) atoms. The highest BCUT2D eigenvalue weighted by atomic mass is 79.9. The minimum atomic E-state index is -0.663. The van der Waals surface area contributed by atoms with Crippen molar-refractivity contribution in [2.45, 2.75) is 0 Å². The van der Waals surface area contributed by atoms with Crippen molar-refractivity contribution < 1.29 is 10.0 Å². The normalized spacial score (nSPS) is 10.7. The minimum absolute atomic E-state index is 0.189. The van der Waals surface area contributed by atoms with Gasteiger partial charge in [0.2, 0.25) is 11.5 Å². The predicted molar refractivity (Wildman–Crippen MR) is 51.1 cm³/mol. The van der Waals surface area contributed by atoms with Gasteiger partial charge in [0.05, 0.1) is 0 Å². The van der Waals surface area contributed by atoms with E-state index < -0.39 is 11.5 Å². The fourth-order valence-electron chi connectivity index (χ4n) is 0.791.